The van der Waals surface area contributed by atoms with Crippen molar-refractivity contribution in [3.05, 3.63) is 52.2 Å². The zero-order valence-electron chi connectivity index (χ0n) is 13.4. The van der Waals surface area contributed by atoms with Gasteiger partial charge in [0, 0.05) is 16.5 Å². The molecule has 0 saturated heterocycles. The zero-order valence-corrected chi connectivity index (χ0v) is 14.9. The number of fused-ring (bicyclic) bond motifs is 3. The van der Waals surface area contributed by atoms with Crippen LogP contribution in [0.3, 0.4) is 0 Å². The first-order valence-corrected chi connectivity index (χ1v) is 9.32. The molecule has 0 aliphatic heterocycles. The maximum Gasteiger partial charge on any atom is 0.194 e. The van der Waals surface area contributed by atoms with E-state index in [9.17, 15) is 10.5 Å². The van der Waals surface area contributed by atoms with Gasteiger partial charge >= 0.3 is 0 Å². The number of nitrogen functional groups attached to an aromatic ring is 1. The zero-order chi connectivity index (χ0) is 17.6. The number of aromatic nitrogens is 1. The summed E-state index contributed by atoms with van der Waals surface area (Å²) < 4.78 is 4.44. The van der Waals surface area contributed by atoms with Gasteiger partial charge in [-0.2, -0.15) is 14.9 Å². The van der Waals surface area contributed by atoms with Crippen LogP contribution in [0.4, 0.5) is 5.00 Å². The van der Waals surface area contributed by atoms with Crippen LogP contribution in [0.15, 0.2) is 30.3 Å². The van der Waals surface area contributed by atoms with Crippen molar-refractivity contribution >= 4 is 33.7 Å². The van der Waals surface area contributed by atoms with Crippen LogP contribution in [0.2, 0.25) is 5.02 Å². The Morgan fingerprint density at radius 2 is 2.04 bits per heavy atom. The average molecular weight is 367 g/mol. The lowest BCUT2D eigenvalue weighted by molar-refractivity contribution is 0.373. The Balaban J connectivity index is 2.08. The Hall–Kier alpha value is -2.34. The van der Waals surface area contributed by atoms with E-state index in [-0.39, 0.29) is 11.8 Å². The molecule has 0 saturated carbocycles. The number of rotatable bonds is 1. The number of nitrogens with two attached hydrogens (primary N) is 1. The van der Waals surface area contributed by atoms with Gasteiger partial charge < -0.3 is 5.73 Å². The molecule has 2 aliphatic rings. The van der Waals surface area contributed by atoms with E-state index < -0.39 is 5.41 Å². The number of benzene rings is 1. The van der Waals surface area contributed by atoms with Crippen molar-refractivity contribution in [2.45, 2.75) is 30.6 Å². The van der Waals surface area contributed by atoms with Crippen molar-refractivity contribution in [1.82, 2.24) is 4.37 Å². The minimum atomic E-state index is -1.38. The van der Waals surface area contributed by atoms with Crippen molar-refractivity contribution in [3.63, 3.8) is 0 Å². The molecule has 0 spiro atoms. The molecule has 1 heterocycles. The molecular formula is C19H15ClN4S. The number of halogens is 1. The first-order chi connectivity index (χ1) is 12.1. The quantitative estimate of drug-likeness (QED) is 0.796. The summed E-state index contributed by atoms with van der Waals surface area (Å²) in [6.07, 6.45) is 5.10. The van der Waals surface area contributed by atoms with Gasteiger partial charge in [-0.25, -0.2) is 0 Å². The van der Waals surface area contributed by atoms with Crippen molar-refractivity contribution in [2.24, 2.45) is 5.92 Å². The fourth-order valence-corrected chi connectivity index (χ4v) is 5.27. The number of nitriles is 2. The molecule has 4 nitrogen and oxygen atoms in total. The monoisotopic (exact) mass is 366 g/mol. The third-order valence-corrected chi connectivity index (χ3v) is 6.34. The molecule has 25 heavy (non-hydrogen) atoms. The lowest BCUT2D eigenvalue weighted by Crippen LogP contribution is -2.41. The molecule has 0 amide bonds. The predicted molar refractivity (Wildman–Crippen MR) is 98.9 cm³/mol. The van der Waals surface area contributed by atoms with Gasteiger partial charge in [0.15, 0.2) is 5.41 Å². The van der Waals surface area contributed by atoms with Gasteiger partial charge in [0.25, 0.3) is 0 Å². The summed E-state index contributed by atoms with van der Waals surface area (Å²) in [6.45, 7) is 0. The van der Waals surface area contributed by atoms with Crippen molar-refractivity contribution in [1.29, 1.82) is 10.5 Å². The number of hydrogen-bond donors (Lipinski definition) is 1. The van der Waals surface area contributed by atoms with Crippen molar-refractivity contribution in [2.75, 3.05) is 5.73 Å². The van der Waals surface area contributed by atoms with Crippen LogP contribution in [0.25, 0.3) is 5.57 Å². The van der Waals surface area contributed by atoms with Gasteiger partial charge in [-0.05, 0) is 53.9 Å². The maximum absolute atomic E-state index is 10.1. The first kappa shape index (κ1) is 16.1. The van der Waals surface area contributed by atoms with Gasteiger partial charge in [0.2, 0.25) is 0 Å². The van der Waals surface area contributed by atoms with Crippen LogP contribution in [0.5, 0.6) is 0 Å². The molecule has 4 rings (SSSR count). The molecule has 2 aliphatic carbocycles. The van der Waals surface area contributed by atoms with Crippen LogP contribution in [-0.4, -0.2) is 4.37 Å². The molecular weight excluding hydrogens is 352 g/mol. The van der Waals surface area contributed by atoms with Crippen LogP contribution in [0, 0.1) is 28.6 Å². The predicted octanol–water partition coefficient (Wildman–Crippen LogP) is 4.64. The standard InChI is InChI=1S/C19H15ClN4S/c20-14-8-4-3-7-13(14)16-12-6-2-1-5-11(12)15-17(24-25-18(15)23)19(16,9-21)10-22/h3-5,7-8,12,16H,1-2,6,23H2/t12-,16+/m0/s1. The molecule has 1 aromatic heterocycles. The second-order valence-electron chi connectivity index (χ2n) is 6.50. The summed E-state index contributed by atoms with van der Waals surface area (Å²) in [5.41, 5.74) is 8.06. The Morgan fingerprint density at radius 1 is 1.28 bits per heavy atom. The SMILES string of the molecule is N#CC1(C#N)c2nsc(N)c2C2=CCCC[C@@H]2[C@@H]1c1ccccc1Cl. The number of nitrogens with zero attached hydrogens (tertiary/aromatic N) is 3. The third-order valence-electron chi connectivity index (χ3n) is 5.33. The van der Waals surface area contributed by atoms with Gasteiger partial charge in [-0.15, -0.1) is 0 Å². The average Bonchev–Trinajstić information content (AvgIpc) is 3.04. The van der Waals surface area contributed by atoms with Crippen LogP contribution in [0.1, 0.15) is 42.0 Å². The van der Waals surface area contributed by atoms with E-state index in [0.29, 0.717) is 15.7 Å². The Bertz CT molecular complexity index is 949. The van der Waals surface area contributed by atoms with E-state index in [1.807, 2.05) is 24.3 Å². The highest BCUT2D eigenvalue weighted by Crippen LogP contribution is 2.59. The van der Waals surface area contributed by atoms with Crippen LogP contribution in [-0.2, 0) is 5.41 Å². The number of hydrogen-bond acceptors (Lipinski definition) is 5. The lowest BCUT2D eigenvalue weighted by Gasteiger charge is -2.43. The Kier molecular flexibility index (Phi) is 3.80. The number of anilines is 1. The lowest BCUT2D eigenvalue weighted by atomic mass is 9.56. The highest BCUT2D eigenvalue weighted by Gasteiger charge is 2.55. The van der Waals surface area contributed by atoms with E-state index in [1.165, 1.54) is 0 Å². The van der Waals surface area contributed by atoms with Crippen LogP contribution >= 0.6 is 23.1 Å². The summed E-state index contributed by atoms with van der Waals surface area (Å²) in [5, 5.41) is 21.4. The topological polar surface area (TPSA) is 86.5 Å². The smallest absolute Gasteiger partial charge is 0.194 e. The highest BCUT2D eigenvalue weighted by molar-refractivity contribution is 7.10. The third kappa shape index (κ3) is 2.13. The first-order valence-electron chi connectivity index (χ1n) is 8.17. The minimum absolute atomic E-state index is 0.0409. The van der Waals surface area contributed by atoms with Gasteiger partial charge in [-0.1, -0.05) is 35.9 Å². The fourth-order valence-electron chi connectivity index (χ4n) is 4.28. The largest absolute Gasteiger partial charge is 0.389 e. The van der Waals surface area contributed by atoms with E-state index in [0.717, 1.165) is 47.5 Å². The molecule has 0 unspecified atom stereocenters. The minimum Gasteiger partial charge on any atom is -0.389 e. The van der Waals surface area contributed by atoms with Gasteiger partial charge in [0.1, 0.15) is 5.00 Å². The molecule has 0 bridgehead atoms. The molecule has 2 N–H and O–H groups in total. The second kappa shape index (κ2) is 5.88. The number of allylic oxidation sites excluding steroid dienone is 2. The second-order valence-corrected chi connectivity index (χ2v) is 7.71. The fraction of sp³-hybridized carbons (Fsp3) is 0.316. The summed E-state index contributed by atoms with van der Waals surface area (Å²) in [7, 11) is 0. The highest BCUT2D eigenvalue weighted by atomic mass is 35.5. The Labute approximate surface area is 155 Å². The molecule has 0 radical (unpaired) electrons. The molecule has 2 aromatic rings. The molecule has 6 heteroatoms. The molecule has 0 fully saturated rings. The van der Waals surface area contributed by atoms with Gasteiger partial charge in [-0.3, -0.25) is 0 Å². The summed E-state index contributed by atoms with van der Waals surface area (Å²) in [4.78, 5) is 0. The van der Waals surface area contributed by atoms with E-state index in [4.69, 9.17) is 17.3 Å². The molecule has 124 valence electrons. The normalized spacial score (nSPS) is 23.6. The molecule has 2 atom stereocenters. The van der Waals surface area contributed by atoms with E-state index in [2.05, 4.69) is 22.6 Å². The van der Waals surface area contributed by atoms with Crippen molar-refractivity contribution in [3.8, 4) is 12.1 Å². The summed E-state index contributed by atoms with van der Waals surface area (Å²) in [5.74, 6) is -0.309. The van der Waals surface area contributed by atoms with Crippen molar-refractivity contribution < 1.29 is 0 Å². The van der Waals surface area contributed by atoms with Gasteiger partial charge in [0.05, 0.1) is 17.8 Å². The maximum atomic E-state index is 10.1. The van der Waals surface area contributed by atoms with E-state index in [1.54, 1.807) is 0 Å². The summed E-state index contributed by atoms with van der Waals surface area (Å²) >= 11 is 7.64. The van der Waals surface area contributed by atoms with E-state index >= 15 is 0 Å². The summed E-state index contributed by atoms with van der Waals surface area (Å²) in [6, 6.07) is 12.1. The van der Waals surface area contributed by atoms with Crippen LogP contribution < -0.4 is 5.73 Å². The molecule has 1 aromatic carbocycles. The Morgan fingerprint density at radius 3 is 2.76 bits per heavy atom.